The first kappa shape index (κ1) is 13.4. The molecule has 2 N–H and O–H groups in total. The monoisotopic (exact) mass is 286 g/mol. The van der Waals surface area contributed by atoms with Gasteiger partial charge in [0.15, 0.2) is 0 Å². The largest absolute Gasteiger partial charge is 0.491 e. The number of nitrogens with two attached hydrogens (primary N) is 1. The van der Waals surface area contributed by atoms with Crippen LogP contribution in [0.1, 0.15) is 16.8 Å². The molecule has 0 bridgehead atoms. The summed E-state index contributed by atoms with van der Waals surface area (Å²) < 4.78 is 19.6. The van der Waals surface area contributed by atoms with Gasteiger partial charge in [0.2, 0.25) is 0 Å². The fourth-order valence-electron chi connectivity index (χ4n) is 2.39. The van der Waals surface area contributed by atoms with Gasteiger partial charge in [0.25, 0.3) is 5.91 Å². The molecule has 4 nitrogen and oxygen atoms in total. The highest BCUT2D eigenvalue weighted by Gasteiger charge is 2.24. The molecule has 0 saturated carbocycles. The maximum atomic E-state index is 14.0. The fraction of sp³-hybridized carbons (Fsp3) is 0.188. The second kappa shape index (κ2) is 5.44. The second-order valence-electron chi connectivity index (χ2n) is 4.87. The zero-order chi connectivity index (χ0) is 14.8. The van der Waals surface area contributed by atoms with Gasteiger partial charge in [-0.3, -0.25) is 4.79 Å². The normalized spacial score (nSPS) is 14.0. The number of nitrogen functional groups attached to an aromatic ring is 1. The molecule has 1 heterocycles. The summed E-state index contributed by atoms with van der Waals surface area (Å²) in [5.74, 6) is -0.354. The number of ether oxygens (including phenoxy) is 1. The van der Waals surface area contributed by atoms with Crippen molar-refractivity contribution in [3.63, 3.8) is 0 Å². The van der Waals surface area contributed by atoms with E-state index in [4.69, 9.17) is 10.5 Å². The molecule has 0 aromatic heterocycles. The molecule has 1 aliphatic rings. The number of halogens is 1. The minimum Gasteiger partial charge on any atom is -0.491 e. The van der Waals surface area contributed by atoms with Crippen molar-refractivity contribution in [2.45, 2.75) is 6.42 Å². The molecule has 3 rings (SSSR count). The van der Waals surface area contributed by atoms with Gasteiger partial charge in [-0.15, -0.1) is 0 Å². The molecule has 0 spiro atoms. The number of nitrogens with zero attached hydrogens (tertiary/aromatic N) is 1. The molecule has 2 aromatic rings. The van der Waals surface area contributed by atoms with Crippen molar-refractivity contribution in [1.29, 1.82) is 0 Å². The molecule has 0 fully saturated rings. The number of rotatable bonds is 1. The maximum Gasteiger partial charge on any atom is 0.261 e. The highest BCUT2D eigenvalue weighted by atomic mass is 19.1. The summed E-state index contributed by atoms with van der Waals surface area (Å²) in [4.78, 5) is 14.2. The average Bonchev–Trinajstić information content (AvgIpc) is 2.69. The van der Waals surface area contributed by atoms with Crippen LogP contribution in [0.4, 0.5) is 15.8 Å². The zero-order valence-electron chi connectivity index (χ0n) is 11.4. The Balaban J connectivity index is 2.01. The Morgan fingerprint density at radius 1 is 1.24 bits per heavy atom. The van der Waals surface area contributed by atoms with E-state index in [9.17, 15) is 9.18 Å². The number of benzene rings is 2. The summed E-state index contributed by atoms with van der Waals surface area (Å²) in [6, 6.07) is 11.4. The van der Waals surface area contributed by atoms with E-state index in [1.54, 1.807) is 17.0 Å². The number of anilines is 2. The number of hydrogen-bond acceptors (Lipinski definition) is 3. The van der Waals surface area contributed by atoms with Gasteiger partial charge in [0, 0.05) is 12.2 Å². The molecule has 0 atom stereocenters. The Morgan fingerprint density at radius 2 is 2.05 bits per heavy atom. The molecule has 21 heavy (non-hydrogen) atoms. The summed E-state index contributed by atoms with van der Waals surface area (Å²) in [6.45, 7) is 1.02. The Hall–Kier alpha value is -2.56. The SMILES string of the molecule is Nc1ccc(C(=O)N2CCCOc3ccccc32)c(F)c1. The van der Waals surface area contributed by atoms with Crippen molar-refractivity contribution in [1.82, 2.24) is 0 Å². The van der Waals surface area contributed by atoms with Crippen LogP contribution in [0.3, 0.4) is 0 Å². The smallest absolute Gasteiger partial charge is 0.261 e. The lowest BCUT2D eigenvalue weighted by molar-refractivity contribution is 0.0983. The third kappa shape index (κ3) is 2.54. The number of fused-ring (bicyclic) bond motifs is 1. The summed E-state index contributed by atoms with van der Waals surface area (Å²) in [6.07, 6.45) is 0.691. The van der Waals surface area contributed by atoms with Gasteiger partial charge in [0.1, 0.15) is 11.6 Å². The van der Waals surface area contributed by atoms with Crippen LogP contribution in [0.15, 0.2) is 42.5 Å². The van der Waals surface area contributed by atoms with Crippen molar-refractivity contribution in [3.8, 4) is 5.75 Å². The average molecular weight is 286 g/mol. The number of carbonyl (C=O) groups is 1. The molecule has 0 radical (unpaired) electrons. The number of para-hydroxylation sites is 2. The van der Waals surface area contributed by atoms with E-state index in [1.807, 2.05) is 12.1 Å². The first-order valence-corrected chi connectivity index (χ1v) is 6.75. The van der Waals surface area contributed by atoms with Gasteiger partial charge in [0.05, 0.1) is 17.9 Å². The molecule has 0 saturated heterocycles. The molecule has 2 aromatic carbocycles. The number of carbonyl (C=O) groups excluding carboxylic acids is 1. The standard InChI is InChI=1S/C16H15FN2O2/c17-13-10-11(18)6-7-12(13)16(20)19-8-3-9-21-15-5-2-1-4-14(15)19/h1-2,4-7,10H,3,8-9,18H2. The van der Waals surface area contributed by atoms with Crippen molar-refractivity contribution in [2.75, 3.05) is 23.8 Å². The predicted molar refractivity (Wildman–Crippen MR) is 79.0 cm³/mol. The van der Waals surface area contributed by atoms with Gasteiger partial charge in [-0.2, -0.15) is 0 Å². The lowest BCUT2D eigenvalue weighted by atomic mass is 10.1. The lowest BCUT2D eigenvalue weighted by Crippen LogP contribution is -2.32. The topological polar surface area (TPSA) is 55.6 Å². The Morgan fingerprint density at radius 3 is 2.86 bits per heavy atom. The molecule has 1 amide bonds. The van der Waals surface area contributed by atoms with Crippen LogP contribution in [-0.2, 0) is 0 Å². The van der Waals surface area contributed by atoms with Crippen LogP contribution in [0, 0.1) is 5.82 Å². The second-order valence-corrected chi connectivity index (χ2v) is 4.87. The maximum absolute atomic E-state index is 14.0. The Labute approximate surface area is 121 Å². The quantitative estimate of drug-likeness (QED) is 0.820. The van der Waals surface area contributed by atoms with Gasteiger partial charge in [-0.1, -0.05) is 12.1 Å². The lowest BCUT2D eigenvalue weighted by Gasteiger charge is -2.22. The fourth-order valence-corrected chi connectivity index (χ4v) is 2.39. The number of amides is 1. The highest BCUT2D eigenvalue weighted by Crippen LogP contribution is 2.31. The van der Waals surface area contributed by atoms with Crippen LogP contribution in [0.2, 0.25) is 0 Å². The van der Waals surface area contributed by atoms with Crippen molar-refractivity contribution in [3.05, 3.63) is 53.8 Å². The van der Waals surface area contributed by atoms with Crippen LogP contribution in [0.5, 0.6) is 5.75 Å². The minimum absolute atomic E-state index is 0.0147. The Bertz CT molecular complexity index is 688. The Kier molecular flexibility index (Phi) is 3.48. The van der Waals surface area contributed by atoms with Crippen molar-refractivity contribution in [2.24, 2.45) is 0 Å². The molecule has 0 unspecified atom stereocenters. The summed E-state index contributed by atoms with van der Waals surface area (Å²) in [5, 5.41) is 0. The van der Waals surface area contributed by atoms with Crippen LogP contribution in [0.25, 0.3) is 0 Å². The van der Waals surface area contributed by atoms with Gasteiger partial charge >= 0.3 is 0 Å². The van der Waals surface area contributed by atoms with E-state index in [0.29, 0.717) is 36.7 Å². The van der Waals surface area contributed by atoms with Crippen molar-refractivity contribution >= 4 is 17.3 Å². The van der Waals surface area contributed by atoms with E-state index < -0.39 is 5.82 Å². The van der Waals surface area contributed by atoms with Gasteiger partial charge < -0.3 is 15.4 Å². The summed E-state index contributed by atoms with van der Waals surface area (Å²) in [7, 11) is 0. The molecule has 0 aliphatic carbocycles. The number of hydrogen-bond donors (Lipinski definition) is 1. The van der Waals surface area contributed by atoms with E-state index >= 15 is 0 Å². The van der Waals surface area contributed by atoms with E-state index in [0.717, 1.165) is 6.07 Å². The first-order chi connectivity index (χ1) is 10.2. The minimum atomic E-state index is -0.609. The van der Waals surface area contributed by atoms with E-state index in [1.165, 1.54) is 12.1 Å². The highest BCUT2D eigenvalue weighted by molar-refractivity contribution is 6.07. The van der Waals surface area contributed by atoms with Crippen LogP contribution >= 0.6 is 0 Å². The first-order valence-electron chi connectivity index (χ1n) is 6.75. The van der Waals surface area contributed by atoms with Crippen LogP contribution < -0.4 is 15.4 Å². The summed E-state index contributed by atoms with van der Waals surface area (Å²) >= 11 is 0. The predicted octanol–water partition coefficient (Wildman–Crippen LogP) is 2.84. The third-order valence-electron chi connectivity index (χ3n) is 3.41. The summed E-state index contributed by atoms with van der Waals surface area (Å²) in [5.41, 5.74) is 6.50. The van der Waals surface area contributed by atoms with Crippen LogP contribution in [-0.4, -0.2) is 19.1 Å². The molecular weight excluding hydrogens is 271 g/mol. The molecular formula is C16H15FN2O2. The molecule has 5 heteroatoms. The van der Waals surface area contributed by atoms with Gasteiger partial charge in [-0.25, -0.2) is 4.39 Å². The van der Waals surface area contributed by atoms with Gasteiger partial charge in [-0.05, 0) is 36.8 Å². The zero-order valence-corrected chi connectivity index (χ0v) is 11.4. The van der Waals surface area contributed by atoms with E-state index in [2.05, 4.69) is 0 Å². The molecule has 108 valence electrons. The van der Waals surface area contributed by atoms with Crippen molar-refractivity contribution < 1.29 is 13.9 Å². The van der Waals surface area contributed by atoms with E-state index in [-0.39, 0.29) is 11.5 Å². The third-order valence-corrected chi connectivity index (χ3v) is 3.41. The molecule has 1 aliphatic heterocycles.